The summed E-state index contributed by atoms with van der Waals surface area (Å²) in [4.78, 5) is 0. The largest absolute Gasteiger partial charge is 0.218 e. The van der Waals surface area contributed by atoms with E-state index >= 15 is 0 Å². The highest BCUT2D eigenvalue weighted by Crippen LogP contribution is 2.25. The predicted molar refractivity (Wildman–Crippen MR) is 83.0 cm³/mol. The monoisotopic (exact) mass is 306 g/mol. The van der Waals surface area contributed by atoms with Gasteiger partial charge in [0.2, 0.25) is 10.0 Å². The number of benzene rings is 1. The van der Waals surface area contributed by atoms with E-state index in [1.807, 2.05) is 0 Å². The minimum Gasteiger partial charge on any atom is -0.212 e. The van der Waals surface area contributed by atoms with E-state index in [-0.39, 0.29) is 5.75 Å². The molecule has 1 aromatic carbocycles. The van der Waals surface area contributed by atoms with Gasteiger partial charge in [-0.15, -0.1) is 0 Å². The van der Waals surface area contributed by atoms with Crippen molar-refractivity contribution >= 4 is 10.0 Å². The third-order valence-corrected chi connectivity index (χ3v) is 5.97. The second-order valence-corrected chi connectivity index (χ2v) is 7.63. The van der Waals surface area contributed by atoms with Crippen molar-refractivity contribution in [1.29, 1.82) is 5.26 Å². The molecule has 0 aromatic heterocycles. The van der Waals surface area contributed by atoms with Gasteiger partial charge >= 0.3 is 0 Å². The van der Waals surface area contributed by atoms with Crippen LogP contribution in [0.1, 0.15) is 43.7 Å². The summed E-state index contributed by atoms with van der Waals surface area (Å²) in [6, 6.07) is 8.98. The summed E-state index contributed by atoms with van der Waals surface area (Å²) in [7, 11) is -3.33. The molecule has 0 amide bonds. The van der Waals surface area contributed by atoms with Crippen molar-refractivity contribution in [2.75, 3.05) is 13.1 Å². The van der Waals surface area contributed by atoms with E-state index in [1.54, 1.807) is 28.6 Å². The van der Waals surface area contributed by atoms with Gasteiger partial charge in [0.15, 0.2) is 0 Å². The fourth-order valence-electron chi connectivity index (χ4n) is 2.93. The molecule has 1 aliphatic rings. The Bertz CT molecular complexity index is 611. The van der Waals surface area contributed by atoms with Crippen LogP contribution >= 0.6 is 0 Å². The van der Waals surface area contributed by atoms with E-state index in [0.29, 0.717) is 30.1 Å². The zero-order valence-corrected chi connectivity index (χ0v) is 13.3. The average molecular weight is 306 g/mol. The lowest BCUT2D eigenvalue weighted by Crippen LogP contribution is -2.39. The molecular weight excluding hydrogens is 284 g/mol. The number of nitrogens with zero attached hydrogens (tertiary/aromatic N) is 2. The highest BCUT2D eigenvalue weighted by atomic mass is 32.2. The molecule has 114 valence electrons. The number of rotatable bonds is 5. The quantitative estimate of drug-likeness (QED) is 0.840. The minimum absolute atomic E-state index is 0.0742. The molecule has 0 aliphatic carbocycles. The molecule has 1 aromatic rings. The van der Waals surface area contributed by atoms with Gasteiger partial charge in [0.25, 0.3) is 0 Å². The van der Waals surface area contributed by atoms with E-state index < -0.39 is 10.0 Å². The molecule has 0 saturated carbocycles. The van der Waals surface area contributed by atoms with Crippen LogP contribution in [-0.4, -0.2) is 25.8 Å². The van der Waals surface area contributed by atoms with E-state index in [2.05, 4.69) is 13.0 Å². The first-order valence-electron chi connectivity index (χ1n) is 7.52. The SMILES string of the molecule is CCCC1CCN(S(=O)(=O)Cc2ccccc2C#N)CC1. The summed E-state index contributed by atoms with van der Waals surface area (Å²) in [5.74, 6) is 0.586. The fourth-order valence-corrected chi connectivity index (χ4v) is 4.52. The van der Waals surface area contributed by atoms with Crippen molar-refractivity contribution in [3.05, 3.63) is 35.4 Å². The van der Waals surface area contributed by atoms with E-state index in [1.165, 1.54) is 6.42 Å². The van der Waals surface area contributed by atoms with Gasteiger partial charge in [-0.25, -0.2) is 12.7 Å². The second-order valence-electron chi connectivity index (χ2n) is 5.66. The number of hydrogen-bond donors (Lipinski definition) is 0. The third-order valence-electron chi connectivity index (χ3n) is 4.14. The fraction of sp³-hybridized carbons (Fsp3) is 0.562. The molecule has 1 saturated heterocycles. The Morgan fingerprint density at radius 1 is 1.29 bits per heavy atom. The highest BCUT2D eigenvalue weighted by Gasteiger charge is 2.28. The molecule has 0 unspecified atom stereocenters. The molecule has 1 fully saturated rings. The van der Waals surface area contributed by atoms with Crippen molar-refractivity contribution in [1.82, 2.24) is 4.31 Å². The van der Waals surface area contributed by atoms with Crippen LogP contribution in [0.3, 0.4) is 0 Å². The van der Waals surface area contributed by atoms with Gasteiger partial charge in [-0.1, -0.05) is 38.0 Å². The van der Waals surface area contributed by atoms with Crippen molar-refractivity contribution in [3.63, 3.8) is 0 Å². The Balaban J connectivity index is 2.05. The average Bonchev–Trinajstić information content (AvgIpc) is 2.48. The first kappa shape index (κ1) is 16.0. The zero-order valence-electron chi connectivity index (χ0n) is 12.5. The van der Waals surface area contributed by atoms with Crippen LogP contribution in [0, 0.1) is 17.2 Å². The summed E-state index contributed by atoms with van der Waals surface area (Å²) < 4.78 is 26.6. The molecule has 21 heavy (non-hydrogen) atoms. The topological polar surface area (TPSA) is 61.2 Å². The summed E-state index contributed by atoms with van der Waals surface area (Å²) in [6.07, 6.45) is 4.25. The summed E-state index contributed by atoms with van der Waals surface area (Å²) in [6.45, 7) is 3.39. The van der Waals surface area contributed by atoms with Crippen LogP contribution in [0.15, 0.2) is 24.3 Å². The van der Waals surface area contributed by atoms with Crippen molar-refractivity contribution in [2.45, 2.75) is 38.4 Å². The van der Waals surface area contributed by atoms with Crippen LogP contribution in [0.5, 0.6) is 0 Å². The highest BCUT2D eigenvalue weighted by molar-refractivity contribution is 7.88. The lowest BCUT2D eigenvalue weighted by atomic mass is 9.94. The van der Waals surface area contributed by atoms with Gasteiger partial charge in [0.1, 0.15) is 0 Å². The minimum atomic E-state index is -3.33. The first-order chi connectivity index (χ1) is 10.1. The molecular formula is C16H22N2O2S. The van der Waals surface area contributed by atoms with Crippen LogP contribution in [-0.2, 0) is 15.8 Å². The molecule has 0 atom stereocenters. The normalized spacial score (nSPS) is 17.5. The molecule has 0 bridgehead atoms. The predicted octanol–water partition coefficient (Wildman–Crippen LogP) is 2.90. The molecule has 5 heteroatoms. The lowest BCUT2D eigenvalue weighted by molar-refractivity contribution is 0.262. The zero-order chi connectivity index (χ0) is 15.3. The smallest absolute Gasteiger partial charge is 0.212 e. The van der Waals surface area contributed by atoms with Crippen LogP contribution in [0.25, 0.3) is 0 Å². The molecule has 0 spiro atoms. The van der Waals surface area contributed by atoms with Gasteiger partial charge in [0.05, 0.1) is 17.4 Å². The lowest BCUT2D eigenvalue weighted by Gasteiger charge is -2.31. The van der Waals surface area contributed by atoms with Gasteiger partial charge in [-0.3, -0.25) is 0 Å². The molecule has 1 heterocycles. The standard InChI is InChI=1S/C16H22N2O2S/c1-2-5-14-8-10-18(11-9-14)21(19,20)13-16-7-4-3-6-15(16)12-17/h3-4,6-7,14H,2,5,8-11,13H2,1H3. The van der Waals surface area contributed by atoms with Crippen molar-refractivity contribution in [3.8, 4) is 6.07 Å². The van der Waals surface area contributed by atoms with Gasteiger partial charge in [-0.2, -0.15) is 5.26 Å². The van der Waals surface area contributed by atoms with Gasteiger partial charge in [-0.05, 0) is 30.4 Å². The van der Waals surface area contributed by atoms with Gasteiger partial charge < -0.3 is 0 Å². The van der Waals surface area contributed by atoms with E-state index in [9.17, 15) is 8.42 Å². The molecule has 2 rings (SSSR count). The third kappa shape index (κ3) is 4.05. The van der Waals surface area contributed by atoms with E-state index in [0.717, 1.165) is 19.3 Å². The number of hydrogen-bond acceptors (Lipinski definition) is 3. The number of nitriles is 1. The maximum Gasteiger partial charge on any atom is 0.218 e. The number of piperidine rings is 1. The van der Waals surface area contributed by atoms with Gasteiger partial charge in [0, 0.05) is 13.1 Å². The summed E-state index contributed by atoms with van der Waals surface area (Å²) in [5, 5.41) is 9.06. The summed E-state index contributed by atoms with van der Waals surface area (Å²) >= 11 is 0. The molecule has 1 aliphatic heterocycles. The maximum absolute atomic E-state index is 12.5. The second kappa shape index (κ2) is 7.06. The van der Waals surface area contributed by atoms with Crippen LogP contribution < -0.4 is 0 Å². The Labute approximate surface area is 127 Å². The number of sulfonamides is 1. The Kier molecular flexibility index (Phi) is 5.38. The Hall–Kier alpha value is -1.38. The molecule has 0 N–H and O–H groups in total. The molecule has 4 nitrogen and oxygen atoms in total. The molecule has 0 radical (unpaired) electrons. The van der Waals surface area contributed by atoms with Crippen LogP contribution in [0.4, 0.5) is 0 Å². The van der Waals surface area contributed by atoms with Crippen LogP contribution in [0.2, 0.25) is 0 Å². The Morgan fingerprint density at radius 3 is 2.57 bits per heavy atom. The van der Waals surface area contributed by atoms with Crippen molar-refractivity contribution < 1.29 is 8.42 Å². The Morgan fingerprint density at radius 2 is 1.95 bits per heavy atom. The van der Waals surface area contributed by atoms with Crippen molar-refractivity contribution in [2.24, 2.45) is 5.92 Å². The first-order valence-corrected chi connectivity index (χ1v) is 9.13. The maximum atomic E-state index is 12.5. The van der Waals surface area contributed by atoms with E-state index in [4.69, 9.17) is 5.26 Å². The summed E-state index contributed by atoms with van der Waals surface area (Å²) in [5.41, 5.74) is 1.04.